The van der Waals surface area contributed by atoms with Crippen molar-refractivity contribution in [2.24, 2.45) is 0 Å². The SMILES string of the molecule is CCCn1nccc1CNc1ccc([N+](=O)[O-])cc1C#N. The Kier molecular flexibility index (Phi) is 4.51. The summed E-state index contributed by atoms with van der Waals surface area (Å²) in [5.74, 6) is 0. The molecule has 108 valence electrons. The molecule has 0 saturated heterocycles. The molecule has 1 aromatic heterocycles. The van der Waals surface area contributed by atoms with Gasteiger partial charge in [0.1, 0.15) is 6.07 Å². The summed E-state index contributed by atoms with van der Waals surface area (Å²) in [5.41, 5.74) is 1.74. The second-order valence-electron chi connectivity index (χ2n) is 4.50. The topological polar surface area (TPSA) is 96.8 Å². The van der Waals surface area contributed by atoms with E-state index in [4.69, 9.17) is 5.26 Å². The summed E-state index contributed by atoms with van der Waals surface area (Å²) in [7, 11) is 0. The second-order valence-corrected chi connectivity index (χ2v) is 4.50. The van der Waals surface area contributed by atoms with Gasteiger partial charge in [0, 0.05) is 24.9 Å². The van der Waals surface area contributed by atoms with Gasteiger partial charge in [-0.05, 0) is 18.6 Å². The van der Waals surface area contributed by atoms with E-state index in [0.29, 0.717) is 12.2 Å². The van der Waals surface area contributed by atoms with Gasteiger partial charge >= 0.3 is 0 Å². The molecule has 2 aromatic rings. The molecular formula is C14H15N5O2. The van der Waals surface area contributed by atoms with E-state index in [0.717, 1.165) is 18.7 Å². The molecule has 0 bridgehead atoms. The summed E-state index contributed by atoms with van der Waals surface area (Å²) >= 11 is 0. The maximum absolute atomic E-state index is 10.7. The highest BCUT2D eigenvalue weighted by Gasteiger charge is 2.11. The van der Waals surface area contributed by atoms with Gasteiger partial charge in [0.25, 0.3) is 5.69 Å². The number of nitrogens with one attached hydrogen (secondary N) is 1. The number of benzene rings is 1. The third-order valence-corrected chi connectivity index (χ3v) is 3.03. The highest BCUT2D eigenvalue weighted by molar-refractivity contribution is 5.61. The van der Waals surface area contributed by atoms with E-state index >= 15 is 0 Å². The van der Waals surface area contributed by atoms with Crippen LogP contribution in [0, 0.1) is 21.4 Å². The summed E-state index contributed by atoms with van der Waals surface area (Å²) in [6, 6.07) is 8.08. The number of non-ortho nitro benzene ring substituents is 1. The van der Waals surface area contributed by atoms with Crippen LogP contribution in [-0.2, 0) is 13.1 Å². The smallest absolute Gasteiger partial charge is 0.270 e. The number of anilines is 1. The van der Waals surface area contributed by atoms with Gasteiger partial charge in [0.2, 0.25) is 0 Å². The number of rotatable bonds is 6. The van der Waals surface area contributed by atoms with Crippen LogP contribution in [0.15, 0.2) is 30.5 Å². The van der Waals surface area contributed by atoms with Crippen LogP contribution in [0.25, 0.3) is 0 Å². The Hall–Kier alpha value is -2.88. The van der Waals surface area contributed by atoms with Gasteiger partial charge in [-0.3, -0.25) is 14.8 Å². The van der Waals surface area contributed by atoms with E-state index in [1.54, 1.807) is 12.3 Å². The minimum absolute atomic E-state index is 0.0897. The molecule has 7 heteroatoms. The fraction of sp³-hybridized carbons (Fsp3) is 0.286. The lowest BCUT2D eigenvalue weighted by molar-refractivity contribution is -0.384. The molecule has 0 radical (unpaired) electrons. The number of nitro groups is 1. The minimum atomic E-state index is -0.513. The average molecular weight is 285 g/mol. The predicted octanol–water partition coefficient (Wildman–Crippen LogP) is 2.69. The van der Waals surface area contributed by atoms with E-state index in [1.807, 2.05) is 16.8 Å². The standard InChI is InChI=1S/C14H15N5O2/c1-2-7-18-13(5-6-17-18)10-16-14-4-3-12(19(20)21)8-11(14)9-15/h3-6,8,16H,2,7,10H2,1H3. The molecule has 0 aliphatic rings. The molecule has 7 nitrogen and oxygen atoms in total. The van der Waals surface area contributed by atoms with Crippen molar-refractivity contribution in [2.45, 2.75) is 26.4 Å². The van der Waals surface area contributed by atoms with Crippen molar-refractivity contribution in [3.8, 4) is 6.07 Å². The van der Waals surface area contributed by atoms with Crippen molar-refractivity contribution < 1.29 is 4.92 Å². The van der Waals surface area contributed by atoms with Crippen LogP contribution in [0.1, 0.15) is 24.6 Å². The summed E-state index contributed by atoms with van der Waals surface area (Å²) in [6.45, 7) is 3.41. The minimum Gasteiger partial charge on any atom is -0.378 e. The molecule has 0 atom stereocenters. The Bertz CT molecular complexity index is 687. The largest absolute Gasteiger partial charge is 0.378 e. The van der Waals surface area contributed by atoms with Crippen molar-refractivity contribution in [1.29, 1.82) is 5.26 Å². The summed E-state index contributed by atoms with van der Waals surface area (Å²) in [4.78, 5) is 10.2. The molecule has 0 unspecified atom stereocenters. The van der Waals surface area contributed by atoms with Crippen LogP contribution < -0.4 is 5.32 Å². The number of hydrogen-bond acceptors (Lipinski definition) is 5. The van der Waals surface area contributed by atoms with Gasteiger partial charge < -0.3 is 5.32 Å². The normalized spacial score (nSPS) is 10.1. The Morgan fingerprint density at radius 3 is 2.95 bits per heavy atom. The van der Waals surface area contributed by atoms with Crippen molar-refractivity contribution in [3.63, 3.8) is 0 Å². The molecule has 21 heavy (non-hydrogen) atoms. The first-order chi connectivity index (χ1) is 10.2. The molecule has 1 N–H and O–H groups in total. The number of nitro benzene ring substituents is 1. The van der Waals surface area contributed by atoms with Crippen LogP contribution in [0.3, 0.4) is 0 Å². The zero-order valence-corrected chi connectivity index (χ0v) is 11.6. The fourth-order valence-corrected chi connectivity index (χ4v) is 2.00. The molecule has 2 rings (SSSR count). The lowest BCUT2D eigenvalue weighted by atomic mass is 10.1. The van der Waals surface area contributed by atoms with Crippen molar-refractivity contribution >= 4 is 11.4 Å². The molecular weight excluding hydrogens is 270 g/mol. The van der Waals surface area contributed by atoms with E-state index in [9.17, 15) is 10.1 Å². The molecule has 0 aliphatic heterocycles. The Labute approximate surface area is 122 Å². The average Bonchev–Trinajstić information content (AvgIpc) is 2.92. The molecule has 0 fully saturated rings. The quantitative estimate of drug-likeness (QED) is 0.650. The molecule has 0 spiro atoms. The molecule has 0 aliphatic carbocycles. The summed E-state index contributed by atoms with van der Waals surface area (Å²) in [5, 5.41) is 27.1. The van der Waals surface area contributed by atoms with Crippen LogP contribution in [0.4, 0.5) is 11.4 Å². The number of aromatic nitrogens is 2. The number of aryl methyl sites for hydroxylation is 1. The maximum atomic E-state index is 10.7. The Morgan fingerprint density at radius 2 is 2.29 bits per heavy atom. The lowest BCUT2D eigenvalue weighted by Gasteiger charge is -2.10. The van der Waals surface area contributed by atoms with Crippen molar-refractivity contribution in [3.05, 3.63) is 51.8 Å². The third-order valence-electron chi connectivity index (χ3n) is 3.03. The third kappa shape index (κ3) is 3.36. The zero-order valence-electron chi connectivity index (χ0n) is 11.6. The second kappa shape index (κ2) is 6.52. The fourth-order valence-electron chi connectivity index (χ4n) is 2.00. The lowest BCUT2D eigenvalue weighted by Crippen LogP contribution is -2.09. The number of nitrogens with zero attached hydrogens (tertiary/aromatic N) is 4. The highest BCUT2D eigenvalue weighted by Crippen LogP contribution is 2.22. The highest BCUT2D eigenvalue weighted by atomic mass is 16.6. The first kappa shape index (κ1) is 14.5. The van der Waals surface area contributed by atoms with Gasteiger partial charge in [-0.15, -0.1) is 0 Å². The maximum Gasteiger partial charge on any atom is 0.270 e. The molecule has 1 heterocycles. The zero-order chi connectivity index (χ0) is 15.2. The Balaban J connectivity index is 2.15. The summed E-state index contributed by atoms with van der Waals surface area (Å²) < 4.78 is 1.89. The molecule has 1 aromatic carbocycles. The first-order valence-electron chi connectivity index (χ1n) is 6.58. The number of hydrogen-bond donors (Lipinski definition) is 1. The summed E-state index contributed by atoms with van der Waals surface area (Å²) in [6.07, 6.45) is 2.71. The van der Waals surface area contributed by atoms with E-state index < -0.39 is 4.92 Å². The van der Waals surface area contributed by atoms with Gasteiger partial charge in [0.05, 0.1) is 28.4 Å². The van der Waals surface area contributed by atoms with Crippen molar-refractivity contribution in [1.82, 2.24) is 9.78 Å². The van der Waals surface area contributed by atoms with E-state index in [-0.39, 0.29) is 11.3 Å². The van der Waals surface area contributed by atoms with E-state index in [2.05, 4.69) is 17.3 Å². The molecule has 0 amide bonds. The molecule has 0 saturated carbocycles. The van der Waals surface area contributed by atoms with E-state index in [1.165, 1.54) is 12.1 Å². The van der Waals surface area contributed by atoms with Crippen LogP contribution >= 0.6 is 0 Å². The van der Waals surface area contributed by atoms with Crippen LogP contribution in [0.2, 0.25) is 0 Å². The van der Waals surface area contributed by atoms with Gasteiger partial charge in [-0.25, -0.2) is 0 Å². The van der Waals surface area contributed by atoms with Gasteiger partial charge in [0.15, 0.2) is 0 Å². The van der Waals surface area contributed by atoms with Crippen LogP contribution in [0.5, 0.6) is 0 Å². The number of nitriles is 1. The monoisotopic (exact) mass is 285 g/mol. The van der Waals surface area contributed by atoms with Gasteiger partial charge in [-0.1, -0.05) is 6.92 Å². The van der Waals surface area contributed by atoms with Gasteiger partial charge in [-0.2, -0.15) is 10.4 Å². The predicted molar refractivity (Wildman–Crippen MR) is 77.7 cm³/mol. The Morgan fingerprint density at radius 1 is 1.48 bits per heavy atom. The van der Waals surface area contributed by atoms with Crippen molar-refractivity contribution in [2.75, 3.05) is 5.32 Å². The van der Waals surface area contributed by atoms with Crippen LogP contribution in [-0.4, -0.2) is 14.7 Å². The first-order valence-corrected chi connectivity index (χ1v) is 6.58.